The first kappa shape index (κ1) is 16.7. The fourth-order valence-corrected chi connectivity index (χ4v) is 4.94. The average Bonchev–Trinajstić information content (AvgIpc) is 3.13. The molecular weight excluding hydrogens is 348 g/mol. The molecule has 0 N–H and O–H groups in total. The van der Waals surface area contributed by atoms with Crippen molar-refractivity contribution >= 4 is 22.1 Å². The minimum atomic E-state index is 0.412. The van der Waals surface area contributed by atoms with Crippen LogP contribution in [0.15, 0.2) is 66.9 Å². The summed E-state index contributed by atoms with van der Waals surface area (Å²) in [4.78, 5) is 8.26. The van der Waals surface area contributed by atoms with Crippen molar-refractivity contribution in [2.24, 2.45) is 0 Å². The first-order valence-electron chi connectivity index (χ1n) is 9.40. The largest absolute Gasteiger partial charge is 0.301 e. The number of nitrogens with zero attached hydrogens (tertiary/aromatic N) is 2. The Morgan fingerprint density at radius 2 is 1.85 bits per heavy atom. The standard InChI is InChI=1S/C24H22N2S/c1-16-13-25-24(27-16)20-9-10-22-21(12-20)14-26(2)15-23(22)19-8-7-17-5-3-4-6-18(17)11-19/h3-13,23H,14-15H2,1-2H3. The molecule has 1 aromatic heterocycles. The molecule has 3 aromatic carbocycles. The van der Waals surface area contributed by atoms with Gasteiger partial charge >= 0.3 is 0 Å². The second-order valence-corrected chi connectivity index (χ2v) is 8.78. The lowest BCUT2D eigenvalue weighted by molar-refractivity contribution is 0.295. The number of thiazole rings is 1. The van der Waals surface area contributed by atoms with Crippen molar-refractivity contribution in [2.75, 3.05) is 13.6 Å². The van der Waals surface area contributed by atoms with Crippen LogP contribution in [0.5, 0.6) is 0 Å². The Morgan fingerprint density at radius 1 is 1.00 bits per heavy atom. The van der Waals surface area contributed by atoms with Crippen LogP contribution in [-0.2, 0) is 6.54 Å². The van der Waals surface area contributed by atoms with Crippen LogP contribution in [0.4, 0.5) is 0 Å². The van der Waals surface area contributed by atoms with Crippen LogP contribution >= 0.6 is 11.3 Å². The Morgan fingerprint density at radius 3 is 2.67 bits per heavy atom. The Bertz CT molecular complexity index is 1130. The van der Waals surface area contributed by atoms with Crippen molar-refractivity contribution in [3.05, 3.63) is 88.4 Å². The number of fused-ring (bicyclic) bond motifs is 2. The smallest absolute Gasteiger partial charge is 0.123 e. The van der Waals surface area contributed by atoms with Crippen molar-refractivity contribution in [1.82, 2.24) is 9.88 Å². The lowest BCUT2D eigenvalue weighted by Crippen LogP contribution is -2.31. The van der Waals surface area contributed by atoms with E-state index in [0.29, 0.717) is 5.92 Å². The number of hydrogen-bond acceptors (Lipinski definition) is 3. The number of hydrogen-bond donors (Lipinski definition) is 0. The molecular formula is C24H22N2S. The fourth-order valence-electron chi connectivity index (χ4n) is 4.18. The van der Waals surface area contributed by atoms with Gasteiger partial charge in [0.05, 0.1) is 0 Å². The second kappa shape index (κ2) is 6.59. The normalized spacial score (nSPS) is 17.2. The molecule has 0 aliphatic carbocycles. The average molecular weight is 371 g/mol. The van der Waals surface area contributed by atoms with Crippen molar-refractivity contribution in [3.8, 4) is 10.6 Å². The highest BCUT2D eigenvalue weighted by Gasteiger charge is 2.25. The van der Waals surface area contributed by atoms with Crippen molar-refractivity contribution in [2.45, 2.75) is 19.4 Å². The van der Waals surface area contributed by atoms with Gasteiger partial charge in [-0.2, -0.15) is 0 Å². The molecule has 134 valence electrons. The van der Waals surface area contributed by atoms with Crippen LogP contribution < -0.4 is 0 Å². The number of aryl methyl sites for hydroxylation is 1. The van der Waals surface area contributed by atoms with E-state index in [1.54, 1.807) is 11.3 Å². The summed E-state index contributed by atoms with van der Waals surface area (Å²) in [6.45, 7) is 4.17. The number of likely N-dealkylation sites (N-methyl/N-ethyl adjacent to an activating group) is 1. The molecule has 0 fully saturated rings. The molecule has 0 bridgehead atoms. The van der Waals surface area contributed by atoms with Crippen molar-refractivity contribution in [1.29, 1.82) is 0 Å². The lowest BCUT2D eigenvalue weighted by Gasteiger charge is -2.33. The SMILES string of the molecule is Cc1cnc(-c2ccc3c(c2)CN(C)CC3c2ccc3ccccc3c2)s1. The van der Waals surface area contributed by atoms with Gasteiger partial charge in [0.25, 0.3) is 0 Å². The molecule has 0 spiro atoms. The maximum Gasteiger partial charge on any atom is 0.123 e. The van der Waals surface area contributed by atoms with E-state index >= 15 is 0 Å². The van der Waals surface area contributed by atoms with E-state index in [9.17, 15) is 0 Å². The monoisotopic (exact) mass is 370 g/mol. The second-order valence-electron chi connectivity index (χ2n) is 7.55. The van der Waals surface area contributed by atoms with Gasteiger partial charge in [0.15, 0.2) is 0 Å². The zero-order chi connectivity index (χ0) is 18.4. The zero-order valence-electron chi connectivity index (χ0n) is 15.6. The number of aromatic nitrogens is 1. The van der Waals surface area contributed by atoms with E-state index in [2.05, 4.69) is 84.5 Å². The van der Waals surface area contributed by atoms with E-state index in [1.165, 1.54) is 37.9 Å². The molecule has 1 aliphatic heterocycles. The molecule has 2 heterocycles. The Hall–Kier alpha value is -2.49. The summed E-state index contributed by atoms with van der Waals surface area (Å²) in [5.41, 5.74) is 5.52. The van der Waals surface area contributed by atoms with Gasteiger partial charge in [0, 0.05) is 35.6 Å². The Labute approximate surface area is 164 Å². The van der Waals surface area contributed by atoms with Gasteiger partial charge < -0.3 is 4.90 Å². The maximum absolute atomic E-state index is 4.57. The highest BCUT2D eigenvalue weighted by molar-refractivity contribution is 7.14. The van der Waals surface area contributed by atoms with Gasteiger partial charge in [-0.15, -0.1) is 11.3 Å². The Balaban J connectivity index is 1.59. The first-order chi connectivity index (χ1) is 13.2. The molecule has 0 saturated heterocycles. The van der Waals surface area contributed by atoms with Crippen molar-refractivity contribution in [3.63, 3.8) is 0 Å². The maximum atomic E-state index is 4.57. The highest BCUT2D eigenvalue weighted by atomic mass is 32.1. The molecule has 3 heteroatoms. The summed E-state index contributed by atoms with van der Waals surface area (Å²) in [6.07, 6.45) is 1.96. The van der Waals surface area contributed by atoms with Crippen LogP contribution in [0.3, 0.4) is 0 Å². The molecule has 1 aliphatic rings. The molecule has 0 radical (unpaired) electrons. The Kier molecular flexibility index (Phi) is 4.07. The summed E-state index contributed by atoms with van der Waals surface area (Å²) in [7, 11) is 2.22. The van der Waals surface area contributed by atoms with Gasteiger partial charge in [0.2, 0.25) is 0 Å². The van der Waals surface area contributed by atoms with Crippen LogP contribution in [0.25, 0.3) is 21.3 Å². The van der Waals surface area contributed by atoms with Gasteiger partial charge in [0.1, 0.15) is 5.01 Å². The lowest BCUT2D eigenvalue weighted by atomic mass is 9.83. The molecule has 27 heavy (non-hydrogen) atoms. The molecule has 0 amide bonds. The summed E-state index contributed by atoms with van der Waals surface area (Å²) in [5, 5.41) is 3.74. The van der Waals surface area contributed by atoms with Gasteiger partial charge in [-0.25, -0.2) is 4.98 Å². The third-order valence-electron chi connectivity index (χ3n) is 5.50. The molecule has 2 nitrogen and oxygen atoms in total. The third-order valence-corrected chi connectivity index (χ3v) is 6.46. The third kappa shape index (κ3) is 3.07. The minimum absolute atomic E-state index is 0.412. The van der Waals surface area contributed by atoms with E-state index < -0.39 is 0 Å². The van der Waals surface area contributed by atoms with E-state index in [0.717, 1.165) is 18.1 Å². The summed E-state index contributed by atoms with van der Waals surface area (Å²) >= 11 is 1.77. The molecule has 1 atom stereocenters. The molecule has 4 aromatic rings. The van der Waals surface area contributed by atoms with Gasteiger partial charge in [-0.05, 0) is 47.5 Å². The number of benzene rings is 3. The van der Waals surface area contributed by atoms with Crippen LogP contribution in [-0.4, -0.2) is 23.5 Å². The topological polar surface area (TPSA) is 16.1 Å². The highest BCUT2D eigenvalue weighted by Crippen LogP contribution is 2.37. The van der Waals surface area contributed by atoms with E-state index in [-0.39, 0.29) is 0 Å². The first-order valence-corrected chi connectivity index (χ1v) is 10.2. The number of rotatable bonds is 2. The van der Waals surface area contributed by atoms with Crippen molar-refractivity contribution < 1.29 is 0 Å². The van der Waals surface area contributed by atoms with Crippen LogP contribution in [0.1, 0.15) is 27.5 Å². The quantitative estimate of drug-likeness (QED) is 0.440. The van der Waals surface area contributed by atoms with Gasteiger partial charge in [-0.1, -0.05) is 54.6 Å². The van der Waals surface area contributed by atoms with Gasteiger partial charge in [-0.3, -0.25) is 0 Å². The van der Waals surface area contributed by atoms with E-state index in [4.69, 9.17) is 0 Å². The summed E-state index contributed by atoms with van der Waals surface area (Å²) < 4.78 is 0. The van der Waals surface area contributed by atoms with Crippen LogP contribution in [0.2, 0.25) is 0 Å². The summed E-state index contributed by atoms with van der Waals surface area (Å²) in [6, 6.07) is 22.5. The predicted molar refractivity (Wildman–Crippen MR) is 114 cm³/mol. The predicted octanol–water partition coefficient (Wildman–Crippen LogP) is 5.85. The minimum Gasteiger partial charge on any atom is -0.301 e. The van der Waals surface area contributed by atoms with Crippen LogP contribution in [0, 0.1) is 6.92 Å². The molecule has 1 unspecified atom stereocenters. The summed E-state index contributed by atoms with van der Waals surface area (Å²) in [5.74, 6) is 0.412. The molecule has 0 saturated carbocycles. The zero-order valence-corrected chi connectivity index (χ0v) is 16.5. The fraction of sp³-hybridized carbons (Fsp3) is 0.208. The van der Waals surface area contributed by atoms with E-state index in [1.807, 2.05) is 6.20 Å². The molecule has 5 rings (SSSR count).